The van der Waals surface area contributed by atoms with E-state index in [1.807, 2.05) is 67.6 Å². The molecule has 0 bridgehead atoms. The highest BCUT2D eigenvalue weighted by atomic mass is 79.9. The average Bonchev–Trinajstić information content (AvgIpc) is 3.01. The summed E-state index contributed by atoms with van der Waals surface area (Å²) < 4.78 is 0.972. The molecule has 2 nitrogen and oxygen atoms in total. The second-order valence-corrected chi connectivity index (χ2v) is 8.49. The second-order valence-electron chi connectivity index (χ2n) is 6.73. The van der Waals surface area contributed by atoms with Crippen LogP contribution in [0, 0.1) is 6.92 Å². The Morgan fingerprint density at radius 2 is 1.72 bits per heavy atom. The third kappa shape index (κ3) is 4.04. The summed E-state index contributed by atoms with van der Waals surface area (Å²) in [6.45, 7) is 1.99. The van der Waals surface area contributed by atoms with Crippen molar-refractivity contribution in [2.75, 3.05) is 4.90 Å². The van der Waals surface area contributed by atoms with E-state index in [4.69, 9.17) is 23.2 Å². The van der Waals surface area contributed by atoms with E-state index in [2.05, 4.69) is 15.9 Å². The highest BCUT2D eigenvalue weighted by Gasteiger charge is 2.31. The van der Waals surface area contributed by atoms with Crippen LogP contribution in [-0.2, 0) is 4.79 Å². The number of carbonyl (C=O) groups excluding carboxylic acids is 1. The summed E-state index contributed by atoms with van der Waals surface area (Å²) in [4.78, 5) is 15.2. The van der Waals surface area contributed by atoms with Gasteiger partial charge in [0.15, 0.2) is 0 Å². The van der Waals surface area contributed by atoms with Gasteiger partial charge < -0.3 is 0 Å². The fourth-order valence-electron chi connectivity index (χ4n) is 3.33. The van der Waals surface area contributed by atoms with E-state index in [0.717, 1.165) is 32.5 Å². The molecule has 0 saturated heterocycles. The summed E-state index contributed by atoms with van der Waals surface area (Å²) in [6.07, 6.45) is 3.71. The fourth-order valence-corrected chi connectivity index (χ4v) is 4.27. The van der Waals surface area contributed by atoms with Gasteiger partial charge in [-0.3, -0.25) is 9.69 Å². The van der Waals surface area contributed by atoms with Gasteiger partial charge in [0.1, 0.15) is 0 Å². The molecule has 0 aliphatic carbocycles. The molecule has 0 N–H and O–H groups in total. The molecule has 0 spiro atoms. The normalized spacial score (nSPS) is 15.2. The highest BCUT2D eigenvalue weighted by molar-refractivity contribution is 9.10. The number of anilines is 1. The van der Waals surface area contributed by atoms with Gasteiger partial charge in [0.2, 0.25) is 0 Å². The Morgan fingerprint density at radius 1 is 0.966 bits per heavy atom. The van der Waals surface area contributed by atoms with E-state index in [9.17, 15) is 4.79 Å². The molecule has 0 saturated carbocycles. The molecule has 1 amide bonds. The third-order valence-corrected chi connectivity index (χ3v) is 5.78. The Bertz CT molecular complexity index is 1170. The van der Waals surface area contributed by atoms with Gasteiger partial charge in [-0.05, 0) is 66.1 Å². The minimum atomic E-state index is -0.0970. The predicted molar refractivity (Wildman–Crippen MR) is 125 cm³/mol. The quantitative estimate of drug-likeness (QED) is 0.351. The number of carbonyl (C=O) groups is 1. The molecule has 3 aromatic rings. The Morgan fingerprint density at radius 3 is 2.41 bits per heavy atom. The number of benzene rings is 3. The van der Waals surface area contributed by atoms with Crippen molar-refractivity contribution in [1.29, 1.82) is 0 Å². The van der Waals surface area contributed by atoms with Crippen molar-refractivity contribution in [1.82, 2.24) is 0 Å². The molecular formula is C24H16BrCl2NO. The van der Waals surface area contributed by atoms with Gasteiger partial charge in [0.05, 0.1) is 11.4 Å². The van der Waals surface area contributed by atoms with E-state index >= 15 is 0 Å². The molecule has 1 aliphatic heterocycles. The van der Waals surface area contributed by atoms with Crippen LogP contribution in [0.15, 0.2) is 82.9 Å². The van der Waals surface area contributed by atoms with Gasteiger partial charge >= 0.3 is 0 Å². The van der Waals surface area contributed by atoms with Gasteiger partial charge in [-0.25, -0.2) is 0 Å². The van der Waals surface area contributed by atoms with Crippen LogP contribution >= 0.6 is 39.1 Å². The third-order valence-electron chi connectivity index (χ3n) is 4.73. The zero-order valence-electron chi connectivity index (χ0n) is 15.5. The Kier molecular flexibility index (Phi) is 5.64. The molecule has 3 aromatic carbocycles. The molecule has 1 aliphatic rings. The highest BCUT2D eigenvalue weighted by Crippen LogP contribution is 2.38. The van der Waals surface area contributed by atoms with Crippen molar-refractivity contribution in [2.45, 2.75) is 6.92 Å². The van der Waals surface area contributed by atoms with Crippen LogP contribution in [0.4, 0.5) is 5.69 Å². The van der Waals surface area contributed by atoms with Gasteiger partial charge in [-0.1, -0.05) is 75.5 Å². The molecule has 4 rings (SSSR count). The Balaban J connectivity index is 1.86. The maximum Gasteiger partial charge on any atom is 0.262 e. The smallest absolute Gasteiger partial charge is 0.262 e. The van der Waals surface area contributed by atoms with Crippen molar-refractivity contribution in [2.24, 2.45) is 0 Å². The topological polar surface area (TPSA) is 20.3 Å². The van der Waals surface area contributed by atoms with E-state index in [1.54, 1.807) is 23.1 Å². The molecular weight excluding hydrogens is 469 g/mol. The van der Waals surface area contributed by atoms with E-state index in [1.165, 1.54) is 0 Å². The molecule has 0 aromatic heterocycles. The summed E-state index contributed by atoms with van der Waals surface area (Å²) >= 11 is 15.8. The number of amides is 1. The van der Waals surface area contributed by atoms with Crippen LogP contribution in [0.25, 0.3) is 11.8 Å². The first-order valence-corrected chi connectivity index (χ1v) is 10.5. The number of hydrogen-bond acceptors (Lipinski definition) is 1. The maximum atomic E-state index is 13.4. The molecule has 144 valence electrons. The van der Waals surface area contributed by atoms with Crippen molar-refractivity contribution in [3.05, 3.63) is 110 Å². The first-order chi connectivity index (χ1) is 13.9. The Labute approximate surface area is 188 Å². The van der Waals surface area contributed by atoms with Crippen molar-refractivity contribution in [3.63, 3.8) is 0 Å². The first-order valence-electron chi connectivity index (χ1n) is 8.98. The average molecular weight is 485 g/mol. The lowest BCUT2D eigenvalue weighted by atomic mass is 10.1. The Hall–Kier alpha value is -2.33. The number of halogens is 3. The summed E-state index contributed by atoms with van der Waals surface area (Å²) in [7, 11) is 0. The van der Waals surface area contributed by atoms with Crippen molar-refractivity contribution >= 4 is 62.5 Å². The molecule has 1 heterocycles. The van der Waals surface area contributed by atoms with E-state index in [0.29, 0.717) is 15.6 Å². The van der Waals surface area contributed by atoms with E-state index in [-0.39, 0.29) is 5.91 Å². The zero-order chi connectivity index (χ0) is 20.5. The zero-order valence-corrected chi connectivity index (χ0v) is 18.6. The largest absolute Gasteiger partial charge is 0.276 e. The monoisotopic (exact) mass is 483 g/mol. The lowest BCUT2D eigenvalue weighted by Gasteiger charge is -2.23. The lowest BCUT2D eigenvalue weighted by Crippen LogP contribution is -2.25. The van der Waals surface area contributed by atoms with Crippen LogP contribution < -0.4 is 4.90 Å². The standard InChI is InChI=1S/C24H16BrCl2NO/c1-15-11-19(25)8-10-22(15)28-23(16-5-3-2-4-6-16)13-18(24(28)29)12-17-7-9-20(26)14-21(17)27/h2-14H,1H3/b18-12+. The van der Waals surface area contributed by atoms with Crippen molar-refractivity contribution in [3.8, 4) is 0 Å². The number of rotatable bonds is 3. The van der Waals surface area contributed by atoms with Crippen LogP contribution in [0.1, 0.15) is 16.7 Å². The molecule has 0 fully saturated rings. The summed E-state index contributed by atoms with van der Waals surface area (Å²) in [5.41, 5.74) is 4.96. The molecule has 0 radical (unpaired) electrons. The SMILES string of the molecule is Cc1cc(Br)ccc1N1C(=O)/C(=C/c2ccc(Cl)cc2Cl)C=C1c1ccccc1. The van der Waals surface area contributed by atoms with Crippen LogP contribution in [0.3, 0.4) is 0 Å². The summed E-state index contributed by atoms with van der Waals surface area (Å²) in [5.74, 6) is -0.0970. The van der Waals surface area contributed by atoms with Crippen LogP contribution in [-0.4, -0.2) is 5.91 Å². The predicted octanol–water partition coefficient (Wildman–Crippen LogP) is 7.54. The fraction of sp³-hybridized carbons (Fsp3) is 0.0417. The second kappa shape index (κ2) is 8.19. The number of hydrogen-bond donors (Lipinski definition) is 0. The lowest BCUT2D eigenvalue weighted by molar-refractivity contribution is -0.113. The summed E-state index contributed by atoms with van der Waals surface area (Å²) in [5, 5.41) is 1.06. The molecule has 0 atom stereocenters. The molecule has 0 unspecified atom stereocenters. The molecule has 5 heteroatoms. The number of aryl methyl sites for hydroxylation is 1. The minimum Gasteiger partial charge on any atom is -0.276 e. The van der Waals surface area contributed by atoms with Gasteiger partial charge in [0.25, 0.3) is 5.91 Å². The molecule has 29 heavy (non-hydrogen) atoms. The van der Waals surface area contributed by atoms with E-state index < -0.39 is 0 Å². The van der Waals surface area contributed by atoms with Gasteiger partial charge in [-0.15, -0.1) is 0 Å². The van der Waals surface area contributed by atoms with Gasteiger partial charge in [-0.2, -0.15) is 0 Å². The van der Waals surface area contributed by atoms with Crippen LogP contribution in [0.5, 0.6) is 0 Å². The van der Waals surface area contributed by atoms with Gasteiger partial charge in [0, 0.05) is 20.1 Å². The summed E-state index contributed by atoms with van der Waals surface area (Å²) in [6, 6.07) is 21.0. The minimum absolute atomic E-state index is 0.0970. The first kappa shape index (κ1) is 20.0. The van der Waals surface area contributed by atoms with Crippen molar-refractivity contribution < 1.29 is 4.79 Å². The van der Waals surface area contributed by atoms with Crippen LogP contribution in [0.2, 0.25) is 10.0 Å². The number of nitrogens with zero attached hydrogens (tertiary/aromatic N) is 1. The maximum absolute atomic E-state index is 13.4.